The van der Waals surface area contributed by atoms with E-state index in [0.717, 1.165) is 0 Å². The summed E-state index contributed by atoms with van der Waals surface area (Å²) in [5, 5.41) is 3.96. The first-order valence-corrected chi connectivity index (χ1v) is 5.13. The molecule has 0 atom stereocenters. The van der Waals surface area contributed by atoms with E-state index in [4.69, 9.17) is 0 Å². The molecule has 0 radical (unpaired) electrons. The van der Waals surface area contributed by atoms with Gasteiger partial charge >= 0.3 is 25.0 Å². The average molecular weight is 280 g/mol. The van der Waals surface area contributed by atoms with Crippen LogP contribution in [0.3, 0.4) is 0 Å². The second kappa shape index (κ2) is 6.88. The summed E-state index contributed by atoms with van der Waals surface area (Å²) in [6.45, 7) is 6.88. The zero-order valence-corrected chi connectivity index (χ0v) is 11.2. The predicted octanol–water partition coefficient (Wildman–Crippen LogP) is 1.60. The number of alkyl halides is 3. The quantitative estimate of drug-likeness (QED) is 0.697. The Kier molecular flexibility index (Phi) is 8.16. The number of rotatable bonds is 3. The monoisotopic (exact) mass is 279 g/mol. The summed E-state index contributed by atoms with van der Waals surface area (Å²) >= 11 is 2.55. The molecule has 0 aliphatic carbocycles. The minimum atomic E-state index is -4.35. The molecule has 0 unspecified atom stereocenters. The van der Waals surface area contributed by atoms with Crippen LogP contribution in [0.2, 0.25) is 0 Å². The maximum absolute atomic E-state index is 12.3. The molecule has 0 fully saturated rings. The number of nitrogens with zero attached hydrogens (tertiary/aromatic N) is 1. The number of hydrogen-bond donors (Lipinski definition) is 0. The Morgan fingerprint density at radius 1 is 1.13 bits per heavy atom. The Bertz CT molecular complexity index is 224. The van der Waals surface area contributed by atoms with Gasteiger partial charge in [0.05, 0.1) is 4.48 Å². The van der Waals surface area contributed by atoms with Gasteiger partial charge in [-0.05, 0) is 21.8 Å². The Balaban J connectivity index is 0. The van der Waals surface area contributed by atoms with Gasteiger partial charge in [0.25, 0.3) is 0 Å². The molecular formula is C9H14BrF3LiN. The first-order chi connectivity index (χ1) is 6.16. The maximum atomic E-state index is 12.3. The molecule has 0 rings (SSSR count). The molecular weight excluding hydrogens is 266 g/mol. The number of halogens is 4. The van der Waals surface area contributed by atoms with Crippen molar-refractivity contribution in [2.75, 3.05) is 0 Å². The van der Waals surface area contributed by atoms with Gasteiger partial charge in [0.15, 0.2) is 0 Å². The van der Waals surface area contributed by atoms with Crippen LogP contribution in [-0.2, 0) is 0 Å². The smallest absolute Gasteiger partial charge is 0.684 e. The van der Waals surface area contributed by atoms with Crippen molar-refractivity contribution in [3.05, 3.63) is 15.5 Å². The first-order valence-electron chi connectivity index (χ1n) is 4.34. The topological polar surface area (TPSA) is 14.1 Å². The van der Waals surface area contributed by atoms with E-state index in [-0.39, 0.29) is 36.5 Å². The van der Waals surface area contributed by atoms with Crippen molar-refractivity contribution in [2.24, 2.45) is 5.92 Å². The molecule has 0 aromatic carbocycles. The molecule has 0 heterocycles. The van der Waals surface area contributed by atoms with Crippen LogP contribution >= 0.6 is 15.9 Å². The van der Waals surface area contributed by atoms with Crippen LogP contribution in [-0.4, -0.2) is 12.2 Å². The Labute approximate surface area is 109 Å². The number of hydrogen-bond acceptors (Lipinski definition) is 0. The van der Waals surface area contributed by atoms with E-state index in [2.05, 4.69) is 21.2 Å². The minimum Gasteiger partial charge on any atom is -0.684 e. The molecule has 15 heavy (non-hydrogen) atoms. The van der Waals surface area contributed by atoms with E-state index in [9.17, 15) is 13.2 Å². The van der Waals surface area contributed by atoms with Crippen LogP contribution in [0.5, 0.6) is 0 Å². The standard InChI is InChI=1S/C9H14BrF3N.Li/c1-5(2)7(14-6(3)4)8(10)9(11,12)13;/h5-6H,1-4H3;/q-1;+1/b8-7+;. The van der Waals surface area contributed by atoms with Crippen molar-refractivity contribution in [1.82, 2.24) is 0 Å². The molecule has 0 spiro atoms. The third kappa shape index (κ3) is 6.55. The van der Waals surface area contributed by atoms with Gasteiger partial charge in [0, 0.05) is 0 Å². The molecule has 0 N–H and O–H groups in total. The fraction of sp³-hybridized carbons (Fsp3) is 0.778. The van der Waals surface area contributed by atoms with Crippen LogP contribution in [0.15, 0.2) is 10.2 Å². The van der Waals surface area contributed by atoms with E-state index in [0.29, 0.717) is 0 Å². The molecule has 0 aromatic rings. The minimum absolute atomic E-state index is 0. The summed E-state index contributed by atoms with van der Waals surface area (Å²) in [5.74, 6) is -0.242. The van der Waals surface area contributed by atoms with Crippen molar-refractivity contribution >= 4 is 15.9 Å². The fourth-order valence-electron chi connectivity index (χ4n) is 0.883. The summed E-state index contributed by atoms with van der Waals surface area (Å²) < 4.78 is 36.3. The molecule has 0 aromatic heterocycles. The summed E-state index contributed by atoms with van der Waals surface area (Å²) in [5.41, 5.74) is 0.0764. The predicted molar refractivity (Wildman–Crippen MR) is 55.3 cm³/mol. The van der Waals surface area contributed by atoms with Gasteiger partial charge in [-0.25, -0.2) is 0 Å². The van der Waals surface area contributed by atoms with Crippen molar-refractivity contribution in [3.63, 3.8) is 0 Å². The van der Waals surface area contributed by atoms with Crippen LogP contribution < -0.4 is 18.9 Å². The van der Waals surface area contributed by atoms with E-state index in [1.165, 1.54) is 0 Å². The van der Waals surface area contributed by atoms with E-state index in [1.807, 2.05) is 0 Å². The second-order valence-corrected chi connectivity index (χ2v) is 4.37. The van der Waals surface area contributed by atoms with Gasteiger partial charge in [-0.3, -0.25) is 0 Å². The van der Waals surface area contributed by atoms with Gasteiger partial charge in [-0.15, -0.1) is 11.7 Å². The first kappa shape index (κ1) is 17.8. The molecule has 1 nitrogen and oxygen atoms in total. The van der Waals surface area contributed by atoms with E-state index < -0.39 is 10.7 Å². The molecule has 0 amide bonds. The SMILES string of the molecule is CC(C)[N-]/C(=C(/Br)C(F)(F)F)C(C)C.[Li+]. The normalized spacial score (nSPS) is 13.7. The maximum Gasteiger partial charge on any atom is 1.00 e. The van der Waals surface area contributed by atoms with Gasteiger partial charge in [0.2, 0.25) is 0 Å². The van der Waals surface area contributed by atoms with Gasteiger partial charge in [-0.1, -0.05) is 27.7 Å². The van der Waals surface area contributed by atoms with Gasteiger partial charge in [0.1, 0.15) is 0 Å². The van der Waals surface area contributed by atoms with Gasteiger partial charge in [-0.2, -0.15) is 13.2 Å². The Hall–Kier alpha value is 0.407. The second-order valence-electron chi connectivity index (χ2n) is 3.57. The Morgan fingerprint density at radius 2 is 1.53 bits per heavy atom. The van der Waals surface area contributed by atoms with Crippen molar-refractivity contribution < 1.29 is 32.0 Å². The number of allylic oxidation sites excluding steroid dienone is 2. The fourth-order valence-corrected chi connectivity index (χ4v) is 1.44. The van der Waals surface area contributed by atoms with Crippen molar-refractivity contribution in [2.45, 2.75) is 39.9 Å². The van der Waals surface area contributed by atoms with Crippen LogP contribution in [0.25, 0.3) is 5.32 Å². The summed E-state index contributed by atoms with van der Waals surface area (Å²) in [4.78, 5) is 0. The summed E-state index contributed by atoms with van der Waals surface area (Å²) in [6, 6.07) is -0.137. The average Bonchev–Trinajstić information content (AvgIpc) is 1.96. The largest absolute Gasteiger partial charge is 1.00 e. The molecule has 6 heteroatoms. The summed E-state index contributed by atoms with van der Waals surface area (Å²) in [7, 11) is 0. The summed E-state index contributed by atoms with van der Waals surface area (Å²) in [6.07, 6.45) is -4.35. The molecule has 0 saturated carbocycles. The molecule has 0 bridgehead atoms. The van der Waals surface area contributed by atoms with Crippen LogP contribution in [0.1, 0.15) is 27.7 Å². The van der Waals surface area contributed by atoms with E-state index >= 15 is 0 Å². The zero-order valence-electron chi connectivity index (χ0n) is 9.61. The molecule has 0 saturated heterocycles. The molecule has 0 aliphatic heterocycles. The van der Waals surface area contributed by atoms with Crippen molar-refractivity contribution in [1.29, 1.82) is 0 Å². The van der Waals surface area contributed by atoms with E-state index in [1.54, 1.807) is 27.7 Å². The third-order valence-corrected chi connectivity index (χ3v) is 2.27. The van der Waals surface area contributed by atoms with Crippen molar-refractivity contribution in [3.8, 4) is 0 Å². The van der Waals surface area contributed by atoms with Crippen LogP contribution in [0.4, 0.5) is 13.2 Å². The van der Waals surface area contributed by atoms with Gasteiger partial charge < -0.3 is 5.32 Å². The Morgan fingerprint density at radius 3 is 1.73 bits per heavy atom. The van der Waals surface area contributed by atoms with Crippen LogP contribution in [0, 0.1) is 5.92 Å². The zero-order chi connectivity index (χ0) is 11.5. The molecule has 84 valence electrons. The molecule has 0 aliphatic rings. The third-order valence-electron chi connectivity index (χ3n) is 1.42.